The van der Waals surface area contributed by atoms with E-state index in [1.807, 2.05) is 0 Å². The standard InChI is InChI=1S/C21H21NO6/c1-27-16(28-2)12-22-18(13-8-10-15(23)11-9-13)17(20(25)21(22)26)19(24)14-6-4-3-5-7-14/h3-11,16,18,23-24H,12H2,1-2H3/t18-/m1/s1. The number of benzene rings is 2. The van der Waals surface area contributed by atoms with Gasteiger partial charge in [-0.3, -0.25) is 9.59 Å². The third-order valence-corrected chi connectivity index (χ3v) is 4.67. The summed E-state index contributed by atoms with van der Waals surface area (Å²) in [7, 11) is 2.87. The molecule has 0 unspecified atom stereocenters. The van der Waals surface area contributed by atoms with Crippen molar-refractivity contribution in [1.29, 1.82) is 0 Å². The van der Waals surface area contributed by atoms with Crippen LogP contribution in [0, 0.1) is 0 Å². The van der Waals surface area contributed by atoms with E-state index >= 15 is 0 Å². The predicted molar refractivity (Wildman–Crippen MR) is 101 cm³/mol. The van der Waals surface area contributed by atoms with Crippen LogP contribution in [-0.2, 0) is 19.1 Å². The van der Waals surface area contributed by atoms with Crippen molar-refractivity contribution >= 4 is 17.4 Å². The molecule has 0 aromatic heterocycles. The maximum absolute atomic E-state index is 12.8. The Morgan fingerprint density at radius 1 is 1.04 bits per heavy atom. The van der Waals surface area contributed by atoms with Gasteiger partial charge in [0, 0.05) is 19.8 Å². The van der Waals surface area contributed by atoms with Crippen LogP contribution in [0.4, 0.5) is 0 Å². The molecule has 28 heavy (non-hydrogen) atoms. The molecule has 0 aliphatic carbocycles. The molecule has 1 saturated heterocycles. The Labute approximate surface area is 162 Å². The normalized spacial score (nSPS) is 18.8. The van der Waals surface area contributed by atoms with Crippen LogP contribution in [0.5, 0.6) is 5.75 Å². The Morgan fingerprint density at radius 3 is 2.21 bits per heavy atom. The molecule has 7 nitrogen and oxygen atoms in total. The molecule has 1 amide bonds. The highest BCUT2D eigenvalue weighted by atomic mass is 16.7. The smallest absolute Gasteiger partial charge is 0.295 e. The van der Waals surface area contributed by atoms with Gasteiger partial charge in [0.1, 0.15) is 11.5 Å². The molecule has 0 spiro atoms. The summed E-state index contributed by atoms with van der Waals surface area (Å²) >= 11 is 0. The molecule has 0 saturated carbocycles. The number of rotatable bonds is 6. The highest BCUT2D eigenvalue weighted by Gasteiger charge is 2.46. The number of hydrogen-bond acceptors (Lipinski definition) is 6. The Morgan fingerprint density at radius 2 is 1.64 bits per heavy atom. The minimum atomic E-state index is -0.839. The number of carbonyl (C=O) groups is 2. The molecule has 0 radical (unpaired) electrons. The first-order chi connectivity index (χ1) is 13.5. The van der Waals surface area contributed by atoms with Gasteiger partial charge in [0.2, 0.25) is 0 Å². The number of carbonyl (C=O) groups excluding carboxylic acids is 2. The van der Waals surface area contributed by atoms with Gasteiger partial charge in [0.25, 0.3) is 11.7 Å². The van der Waals surface area contributed by atoms with Crippen LogP contribution < -0.4 is 0 Å². The lowest BCUT2D eigenvalue weighted by Crippen LogP contribution is -2.38. The molecule has 2 aromatic carbocycles. The van der Waals surface area contributed by atoms with Crippen molar-refractivity contribution in [3.63, 3.8) is 0 Å². The number of phenolic OH excluding ortho intramolecular Hbond substituents is 1. The lowest BCUT2D eigenvalue weighted by atomic mass is 9.95. The van der Waals surface area contributed by atoms with Gasteiger partial charge in [-0.05, 0) is 17.7 Å². The lowest BCUT2D eigenvalue weighted by molar-refractivity contribution is -0.149. The number of hydrogen-bond donors (Lipinski definition) is 2. The van der Waals surface area contributed by atoms with Crippen LogP contribution in [0.3, 0.4) is 0 Å². The molecule has 1 atom stereocenters. The quantitative estimate of drug-likeness (QED) is 0.344. The molecular weight excluding hydrogens is 362 g/mol. The van der Waals surface area contributed by atoms with Crippen LogP contribution >= 0.6 is 0 Å². The average molecular weight is 383 g/mol. The Hall–Kier alpha value is -3.16. The third-order valence-electron chi connectivity index (χ3n) is 4.67. The van der Waals surface area contributed by atoms with Crippen LogP contribution in [0.25, 0.3) is 5.76 Å². The minimum absolute atomic E-state index is 0.00527. The first-order valence-corrected chi connectivity index (χ1v) is 8.66. The van der Waals surface area contributed by atoms with E-state index in [0.717, 1.165) is 0 Å². The zero-order valence-corrected chi connectivity index (χ0v) is 15.5. The number of Topliss-reactive ketones (excluding diaryl/α,β-unsaturated/α-hetero) is 1. The summed E-state index contributed by atoms with van der Waals surface area (Å²) in [5.41, 5.74) is 0.979. The molecule has 3 rings (SSSR count). The zero-order valence-electron chi connectivity index (χ0n) is 15.5. The number of ketones is 1. The fourth-order valence-electron chi connectivity index (χ4n) is 3.23. The van der Waals surface area contributed by atoms with E-state index in [1.54, 1.807) is 42.5 Å². The summed E-state index contributed by atoms with van der Waals surface area (Å²) < 4.78 is 10.4. The zero-order chi connectivity index (χ0) is 20.3. The maximum Gasteiger partial charge on any atom is 0.295 e. The molecule has 1 aliphatic heterocycles. The molecule has 1 heterocycles. The topological polar surface area (TPSA) is 96.3 Å². The van der Waals surface area contributed by atoms with Crippen LogP contribution in [0.15, 0.2) is 60.2 Å². The SMILES string of the molecule is COC(CN1C(=O)C(=O)C(=C(O)c2ccccc2)[C@H]1c1ccc(O)cc1)OC. The van der Waals surface area contributed by atoms with Gasteiger partial charge in [0.15, 0.2) is 6.29 Å². The summed E-state index contributed by atoms with van der Waals surface area (Å²) in [6.45, 7) is -0.00527. The van der Waals surface area contributed by atoms with E-state index in [9.17, 15) is 19.8 Å². The van der Waals surface area contributed by atoms with E-state index in [4.69, 9.17) is 9.47 Å². The van der Waals surface area contributed by atoms with E-state index < -0.39 is 24.0 Å². The van der Waals surface area contributed by atoms with Crippen molar-refractivity contribution in [1.82, 2.24) is 4.90 Å². The van der Waals surface area contributed by atoms with E-state index in [-0.39, 0.29) is 23.6 Å². The van der Waals surface area contributed by atoms with Gasteiger partial charge in [-0.15, -0.1) is 0 Å². The largest absolute Gasteiger partial charge is 0.508 e. The average Bonchev–Trinajstić information content (AvgIpc) is 2.97. The van der Waals surface area contributed by atoms with Gasteiger partial charge in [0.05, 0.1) is 18.2 Å². The third kappa shape index (κ3) is 3.62. The van der Waals surface area contributed by atoms with Crippen LogP contribution in [-0.4, -0.2) is 53.9 Å². The summed E-state index contributed by atoms with van der Waals surface area (Å²) in [6.07, 6.45) is -0.741. The number of aliphatic hydroxyl groups is 1. The first-order valence-electron chi connectivity index (χ1n) is 8.66. The van der Waals surface area contributed by atoms with Gasteiger partial charge >= 0.3 is 0 Å². The molecule has 2 N–H and O–H groups in total. The number of aliphatic hydroxyl groups excluding tert-OH is 1. The van der Waals surface area contributed by atoms with Gasteiger partial charge in [-0.25, -0.2) is 0 Å². The number of likely N-dealkylation sites (tertiary alicyclic amines) is 1. The van der Waals surface area contributed by atoms with Crippen molar-refractivity contribution in [3.8, 4) is 5.75 Å². The summed E-state index contributed by atoms with van der Waals surface area (Å²) in [6, 6.07) is 13.8. The fourth-order valence-corrected chi connectivity index (χ4v) is 3.23. The number of nitrogens with zero attached hydrogens (tertiary/aromatic N) is 1. The van der Waals surface area contributed by atoms with Crippen molar-refractivity contribution in [3.05, 3.63) is 71.3 Å². The number of phenols is 1. The molecule has 1 fully saturated rings. The monoisotopic (exact) mass is 383 g/mol. The van der Waals surface area contributed by atoms with E-state index in [0.29, 0.717) is 11.1 Å². The van der Waals surface area contributed by atoms with E-state index in [1.165, 1.54) is 31.3 Å². The van der Waals surface area contributed by atoms with Gasteiger partial charge < -0.3 is 24.6 Å². The minimum Gasteiger partial charge on any atom is -0.508 e. The number of methoxy groups -OCH3 is 2. The molecule has 2 aromatic rings. The van der Waals surface area contributed by atoms with Crippen molar-refractivity contribution in [2.45, 2.75) is 12.3 Å². The summed E-state index contributed by atoms with van der Waals surface area (Å²) in [4.78, 5) is 26.8. The number of amides is 1. The molecular formula is C21H21NO6. The Bertz CT molecular complexity index is 887. The van der Waals surface area contributed by atoms with Gasteiger partial charge in [-0.1, -0.05) is 42.5 Å². The molecule has 146 valence electrons. The van der Waals surface area contributed by atoms with E-state index in [2.05, 4.69) is 0 Å². The number of aromatic hydroxyl groups is 1. The van der Waals surface area contributed by atoms with Crippen molar-refractivity contribution in [2.24, 2.45) is 0 Å². The highest BCUT2D eigenvalue weighted by molar-refractivity contribution is 6.46. The number of ether oxygens (including phenoxy) is 2. The lowest BCUT2D eigenvalue weighted by Gasteiger charge is -2.28. The van der Waals surface area contributed by atoms with Gasteiger partial charge in [-0.2, -0.15) is 0 Å². The van der Waals surface area contributed by atoms with Crippen molar-refractivity contribution in [2.75, 3.05) is 20.8 Å². The maximum atomic E-state index is 12.8. The molecule has 1 aliphatic rings. The Kier molecular flexibility index (Phi) is 5.77. The summed E-state index contributed by atoms with van der Waals surface area (Å²) in [5, 5.41) is 20.4. The van der Waals surface area contributed by atoms with Crippen LogP contribution in [0.2, 0.25) is 0 Å². The summed E-state index contributed by atoms with van der Waals surface area (Å²) in [5.74, 6) is -1.75. The highest BCUT2D eigenvalue weighted by Crippen LogP contribution is 2.39. The van der Waals surface area contributed by atoms with Crippen LogP contribution in [0.1, 0.15) is 17.2 Å². The van der Waals surface area contributed by atoms with Crippen molar-refractivity contribution < 1.29 is 29.3 Å². The predicted octanol–water partition coefficient (Wildman–Crippen LogP) is 2.43. The second-order valence-electron chi connectivity index (χ2n) is 6.31. The Balaban J connectivity index is 2.15. The fraction of sp³-hybridized carbons (Fsp3) is 0.238. The first kappa shape index (κ1) is 19.6. The molecule has 0 bridgehead atoms. The second-order valence-corrected chi connectivity index (χ2v) is 6.31. The second kappa shape index (κ2) is 8.24. The molecule has 7 heteroatoms.